The van der Waals surface area contributed by atoms with E-state index in [9.17, 15) is 9.18 Å². The van der Waals surface area contributed by atoms with Crippen LogP contribution in [0.25, 0.3) is 0 Å². The van der Waals surface area contributed by atoms with Crippen molar-refractivity contribution in [2.45, 2.75) is 6.04 Å². The number of halogens is 1. The summed E-state index contributed by atoms with van der Waals surface area (Å²) in [4.78, 5) is 12.4. The maximum Gasteiger partial charge on any atom is 0.236 e. The zero-order valence-corrected chi connectivity index (χ0v) is 8.48. The lowest BCUT2D eigenvalue weighted by Gasteiger charge is -2.21. The van der Waals surface area contributed by atoms with Gasteiger partial charge in [0.2, 0.25) is 5.91 Å². The lowest BCUT2D eigenvalue weighted by atomic mass is 10.2. The Kier molecular flexibility index (Phi) is 3.62. The van der Waals surface area contributed by atoms with E-state index < -0.39 is 11.9 Å². The number of nitrogens with two attached hydrogens (primary N) is 2. The quantitative estimate of drug-likeness (QED) is 0.740. The molecule has 4 N–H and O–H groups in total. The van der Waals surface area contributed by atoms with Gasteiger partial charge in [0.15, 0.2) is 0 Å². The number of primary amides is 1. The van der Waals surface area contributed by atoms with Crippen LogP contribution in [0.15, 0.2) is 24.3 Å². The highest BCUT2D eigenvalue weighted by Crippen LogP contribution is 2.13. The average molecular weight is 211 g/mol. The van der Waals surface area contributed by atoms with Crippen LogP contribution in [0.3, 0.4) is 0 Å². The van der Waals surface area contributed by atoms with E-state index in [1.165, 1.54) is 12.1 Å². The number of amides is 1. The highest BCUT2D eigenvalue weighted by molar-refractivity contribution is 5.80. The summed E-state index contributed by atoms with van der Waals surface area (Å²) in [5.41, 5.74) is 11.2. The molecule has 1 rings (SSSR count). The van der Waals surface area contributed by atoms with Gasteiger partial charge in [0.05, 0.1) is 0 Å². The predicted octanol–water partition coefficient (Wildman–Crippen LogP) is 0.0745. The second kappa shape index (κ2) is 4.75. The fourth-order valence-corrected chi connectivity index (χ4v) is 1.20. The van der Waals surface area contributed by atoms with E-state index in [0.717, 1.165) is 0 Å². The normalized spacial score (nSPS) is 12.2. The third-order valence-electron chi connectivity index (χ3n) is 2.08. The number of rotatable bonds is 4. The third kappa shape index (κ3) is 3.21. The summed E-state index contributed by atoms with van der Waals surface area (Å²) in [5.74, 6) is -0.898. The standard InChI is InChI=1S/C10H14FN3O/c1-14(6-9(12)10(13)15)8-4-2-3-7(11)5-8/h2-5,9H,6,12H2,1H3,(H2,13,15). The van der Waals surface area contributed by atoms with Crippen molar-refractivity contribution < 1.29 is 9.18 Å². The Morgan fingerprint density at radius 3 is 2.80 bits per heavy atom. The van der Waals surface area contributed by atoms with Gasteiger partial charge in [0.1, 0.15) is 11.9 Å². The van der Waals surface area contributed by atoms with E-state index in [-0.39, 0.29) is 12.4 Å². The van der Waals surface area contributed by atoms with Gasteiger partial charge < -0.3 is 16.4 Å². The summed E-state index contributed by atoms with van der Waals surface area (Å²) in [6.45, 7) is 0.263. The van der Waals surface area contributed by atoms with Crippen molar-refractivity contribution in [3.63, 3.8) is 0 Å². The largest absolute Gasteiger partial charge is 0.372 e. The molecule has 82 valence electrons. The SMILES string of the molecule is CN(CC(N)C(N)=O)c1cccc(F)c1. The van der Waals surface area contributed by atoms with Gasteiger partial charge in [0, 0.05) is 19.3 Å². The van der Waals surface area contributed by atoms with Gasteiger partial charge in [-0.2, -0.15) is 0 Å². The van der Waals surface area contributed by atoms with E-state index in [0.29, 0.717) is 5.69 Å². The van der Waals surface area contributed by atoms with E-state index >= 15 is 0 Å². The summed E-state index contributed by atoms with van der Waals surface area (Å²) >= 11 is 0. The van der Waals surface area contributed by atoms with Crippen molar-refractivity contribution in [2.75, 3.05) is 18.5 Å². The van der Waals surface area contributed by atoms with Gasteiger partial charge in [-0.25, -0.2) is 4.39 Å². The Bertz CT molecular complexity index is 356. The van der Waals surface area contributed by atoms with Crippen LogP contribution in [0.1, 0.15) is 0 Å². The van der Waals surface area contributed by atoms with Crippen molar-refractivity contribution in [3.05, 3.63) is 30.1 Å². The Balaban J connectivity index is 2.68. The molecule has 1 unspecified atom stereocenters. The number of carbonyl (C=O) groups excluding carboxylic acids is 1. The van der Waals surface area contributed by atoms with Crippen LogP contribution in [0, 0.1) is 5.82 Å². The van der Waals surface area contributed by atoms with Crippen LogP contribution >= 0.6 is 0 Å². The molecule has 1 amide bonds. The molecule has 0 saturated carbocycles. The maximum atomic E-state index is 12.9. The Hall–Kier alpha value is -1.62. The number of anilines is 1. The van der Waals surface area contributed by atoms with Crippen LogP contribution < -0.4 is 16.4 Å². The van der Waals surface area contributed by atoms with Gasteiger partial charge in [-0.15, -0.1) is 0 Å². The highest BCUT2D eigenvalue weighted by Gasteiger charge is 2.12. The molecule has 15 heavy (non-hydrogen) atoms. The molecule has 0 aromatic heterocycles. The summed E-state index contributed by atoms with van der Waals surface area (Å²) < 4.78 is 12.9. The second-order valence-electron chi connectivity index (χ2n) is 3.37. The molecule has 0 spiro atoms. The topological polar surface area (TPSA) is 72.3 Å². The minimum atomic E-state index is -0.752. The van der Waals surface area contributed by atoms with Crippen LogP contribution in [-0.2, 0) is 4.79 Å². The predicted molar refractivity (Wildman–Crippen MR) is 56.8 cm³/mol. The molecule has 1 aromatic carbocycles. The number of carbonyl (C=O) groups is 1. The molecule has 1 atom stereocenters. The van der Waals surface area contributed by atoms with Gasteiger partial charge in [-0.1, -0.05) is 6.07 Å². The van der Waals surface area contributed by atoms with Crippen molar-refractivity contribution in [1.82, 2.24) is 0 Å². The highest BCUT2D eigenvalue weighted by atomic mass is 19.1. The first-order valence-electron chi connectivity index (χ1n) is 4.52. The van der Waals surface area contributed by atoms with Crippen LogP contribution in [0.4, 0.5) is 10.1 Å². The minimum absolute atomic E-state index is 0.263. The summed E-state index contributed by atoms with van der Waals surface area (Å²) in [5, 5.41) is 0. The minimum Gasteiger partial charge on any atom is -0.372 e. The fraction of sp³-hybridized carbons (Fsp3) is 0.300. The zero-order chi connectivity index (χ0) is 11.4. The molecular weight excluding hydrogens is 197 g/mol. The molecule has 4 nitrogen and oxygen atoms in total. The summed E-state index contributed by atoms with van der Waals surface area (Å²) in [6.07, 6.45) is 0. The van der Waals surface area contributed by atoms with Crippen LogP contribution in [-0.4, -0.2) is 25.5 Å². The van der Waals surface area contributed by atoms with Crippen LogP contribution in [0.2, 0.25) is 0 Å². The second-order valence-corrected chi connectivity index (χ2v) is 3.37. The molecule has 0 heterocycles. The van der Waals surface area contributed by atoms with Gasteiger partial charge in [0.25, 0.3) is 0 Å². The average Bonchev–Trinajstić information content (AvgIpc) is 2.17. The lowest BCUT2D eigenvalue weighted by molar-refractivity contribution is -0.119. The van der Waals surface area contributed by atoms with E-state index in [4.69, 9.17) is 11.5 Å². The molecule has 0 aliphatic carbocycles. The number of benzene rings is 1. The Morgan fingerprint density at radius 2 is 2.27 bits per heavy atom. The first-order valence-corrected chi connectivity index (χ1v) is 4.52. The first kappa shape index (κ1) is 11.5. The smallest absolute Gasteiger partial charge is 0.236 e. The van der Waals surface area contributed by atoms with Gasteiger partial charge >= 0.3 is 0 Å². The number of hydrogen-bond donors (Lipinski definition) is 2. The molecule has 1 aromatic rings. The summed E-state index contributed by atoms with van der Waals surface area (Å²) in [7, 11) is 1.72. The third-order valence-corrected chi connectivity index (χ3v) is 2.08. The monoisotopic (exact) mass is 211 g/mol. The molecule has 0 saturated heterocycles. The Morgan fingerprint density at radius 1 is 1.60 bits per heavy atom. The first-order chi connectivity index (χ1) is 7.00. The molecule has 0 radical (unpaired) electrons. The molecular formula is C10H14FN3O. The van der Waals surface area contributed by atoms with Crippen LogP contribution in [0.5, 0.6) is 0 Å². The molecule has 0 bridgehead atoms. The van der Waals surface area contributed by atoms with Gasteiger partial charge in [-0.05, 0) is 18.2 Å². The van der Waals surface area contributed by atoms with E-state index in [1.54, 1.807) is 24.1 Å². The zero-order valence-electron chi connectivity index (χ0n) is 8.48. The fourth-order valence-electron chi connectivity index (χ4n) is 1.20. The number of likely N-dealkylation sites (N-methyl/N-ethyl adjacent to an activating group) is 1. The Labute approximate surface area is 87.7 Å². The van der Waals surface area contributed by atoms with Crippen molar-refractivity contribution in [3.8, 4) is 0 Å². The molecule has 0 aliphatic rings. The molecule has 5 heteroatoms. The summed E-state index contributed by atoms with van der Waals surface area (Å²) in [6, 6.07) is 5.30. The van der Waals surface area contributed by atoms with E-state index in [1.807, 2.05) is 0 Å². The molecule has 0 aliphatic heterocycles. The van der Waals surface area contributed by atoms with E-state index in [2.05, 4.69) is 0 Å². The number of nitrogens with zero attached hydrogens (tertiary/aromatic N) is 1. The van der Waals surface area contributed by atoms with Crippen molar-refractivity contribution in [2.24, 2.45) is 11.5 Å². The molecule has 0 fully saturated rings. The lowest BCUT2D eigenvalue weighted by Crippen LogP contribution is -2.45. The maximum absolute atomic E-state index is 12.9. The number of hydrogen-bond acceptors (Lipinski definition) is 3. The van der Waals surface area contributed by atoms with Crippen molar-refractivity contribution in [1.29, 1.82) is 0 Å². The van der Waals surface area contributed by atoms with Crippen molar-refractivity contribution >= 4 is 11.6 Å². The van der Waals surface area contributed by atoms with Gasteiger partial charge in [-0.3, -0.25) is 4.79 Å².